The van der Waals surface area contributed by atoms with Gasteiger partial charge in [0.05, 0.1) is 17.7 Å². The molecule has 1 saturated heterocycles. The summed E-state index contributed by atoms with van der Waals surface area (Å²) in [6.07, 6.45) is 2.92. The Hall–Kier alpha value is -2.48. The number of nitrogens with one attached hydrogen (secondary N) is 3. The van der Waals surface area contributed by atoms with E-state index in [2.05, 4.69) is 63.7 Å². The Morgan fingerprint density at radius 2 is 1.82 bits per heavy atom. The molecule has 7 heteroatoms. The van der Waals surface area contributed by atoms with E-state index in [9.17, 15) is 8.78 Å². The summed E-state index contributed by atoms with van der Waals surface area (Å²) in [4.78, 5) is 8.05. The number of unbranched alkanes of at least 4 members (excludes halogenated alkanes) is 1. The van der Waals surface area contributed by atoms with Crippen LogP contribution in [0.4, 0.5) is 14.5 Å². The standard InChI is InChI=1S/C26H33F2N5/c1-3-4-9-29-23-16-21-20-14-18(27)15-22(28)25(20)31-26(21)24(30-23)17-5-7-19(8-6-17)33-12-10-32(2)11-13-33/h5-8,14-15,23-24,29-31H,3-4,9-13,16H2,1-2H3/t23-,24+/m1/s1. The predicted molar refractivity (Wildman–Crippen MR) is 130 cm³/mol. The molecular weight excluding hydrogens is 420 g/mol. The fraction of sp³-hybridized carbons (Fsp3) is 0.462. The molecule has 2 aliphatic heterocycles. The van der Waals surface area contributed by atoms with Crippen molar-refractivity contribution < 1.29 is 8.78 Å². The quantitative estimate of drug-likeness (QED) is 0.491. The molecule has 5 rings (SSSR count). The van der Waals surface area contributed by atoms with Gasteiger partial charge in [-0.15, -0.1) is 0 Å². The molecule has 3 heterocycles. The van der Waals surface area contributed by atoms with Crippen LogP contribution in [0.5, 0.6) is 0 Å². The first-order chi connectivity index (χ1) is 16.0. The number of H-pyrrole nitrogens is 1. The lowest BCUT2D eigenvalue weighted by Gasteiger charge is -2.35. The Morgan fingerprint density at radius 3 is 2.55 bits per heavy atom. The number of aromatic amines is 1. The van der Waals surface area contributed by atoms with Crippen LogP contribution in [0.25, 0.3) is 10.9 Å². The molecule has 1 fully saturated rings. The lowest BCUT2D eigenvalue weighted by atomic mass is 9.92. The molecule has 0 aliphatic carbocycles. The molecule has 33 heavy (non-hydrogen) atoms. The van der Waals surface area contributed by atoms with Crippen molar-refractivity contribution in [2.24, 2.45) is 0 Å². The van der Waals surface area contributed by atoms with E-state index in [1.165, 1.54) is 11.8 Å². The van der Waals surface area contributed by atoms with Gasteiger partial charge in [0.2, 0.25) is 0 Å². The van der Waals surface area contributed by atoms with Crippen LogP contribution in [-0.2, 0) is 6.42 Å². The van der Waals surface area contributed by atoms with Gasteiger partial charge < -0.3 is 20.1 Å². The van der Waals surface area contributed by atoms with E-state index in [-0.39, 0.29) is 12.2 Å². The van der Waals surface area contributed by atoms with Crippen molar-refractivity contribution in [2.75, 3.05) is 44.7 Å². The van der Waals surface area contributed by atoms with Crippen molar-refractivity contribution >= 4 is 16.6 Å². The third-order valence-corrected chi connectivity index (χ3v) is 7.05. The summed E-state index contributed by atoms with van der Waals surface area (Å²) in [5.74, 6) is -1.08. The first-order valence-electron chi connectivity index (χ1n) is 12.1. The van der Waals surface area contributed by atoms with Crippen molar-refractivity contribution in [3.63, 3.8) is 0 Å². The second-order valence-electron chi connectivity index (χ2n) is 9.37. The molecule has 0 saturated carbocycles. The first-order valence-corrected chi connectivity index (χ1v) is 12.1. The Kier molecular flexibility index (Phi) is 6.36. The van der Waals surface area contributed by atoms with E-state index in [1.54, 1.807) is 0 Å². The summed E-state index contributed by atoms with van der Waals surface area (Å²) in [7, 11) is 2.16. The Labute approximate surface area is 194 Å². The van der Waals surface area contributed by atoms with Gasteiger partial charge in [-0.1, -0.05) is 25.5 Å². The third-order valence-electron chi connectivity index (χ3n) is 7.05. The number of rotatable bonds is 6. The maximum absolute atomic E-state index is 14.6. The molecule has 0 unspecified atom stereocenters. The van der Waals surface area contributed by atoms with E-state index in [1.807, 2.05) is 0 Å². The zero-order valence-corrected chi connectivity index (χ0v) is 19.4. The largest absolute Gasteiger partial charge is 0.369 e. The Balaban J connectivity index is 1.47. The highest BCUT2D eigenvalue weighted by molar-refractivity contribution is 5.86. The van der Waals surface area contributed by atoms with Gasteiger partial charge in [-0.2, -0.15) is 0 Å². The molecule has 2 atom stereocenters. The number of piperazine rings is 1. The van der Waals surface area contributed by atoms with Crippen molar-refractivity contribution in [3.8, 4) is 0 Å². The number of hydrogen-bond donors (Lipinski definition) is 3. The Bertz CT molecular complexity index is 1100. The minimum atomic E-state index is -0.543. The van der Waals surface area contributed by atoms with Crippen molar-refractivity contribution in [1.29, 1.82) is 0 Å². The second-order valence-corrected chi connectivity index (χ2v) is 9.37. The van der Waals surface area contributed by atoms with E-state index in [4.69, 9.17) is 0 Å². The molecule has 1 aromatic heterocycles. The minimum absolute atomic E-state index is 0.0386. The third kappa shape index (κ3) is 4.50. The maximum atomic E-state index is 14.6. The van der Waals surface area contributed by atoms with Crippen LogP contribution < -0.4 is 15.5 Å². The molecule has 5 nitrogen and oxygen atoms in total. The summed E-state index contributed by atoms with van der Waals surface area (Å²) in [5.41, 5.74) is 4.64. The van der Waals surface area contributed by atoms with Crippen molar-refractivity contribution in [2.45, 2.75) is 38.4 Å². The van der Waals surface area contributed by atoms with Gasteiger partial charge in [0.15, 0.2) is 0 Å². The van der Waals surface area contributed by atoms with Crippen LogP contribution in [0.15, 0.2) is 36.4 Å². The fourth-order valence-corrected chi connectivity index (χ4v) is 5.10. The average Bonchev–Trinajstić information content (AvgIpc) is 3.18. The van der Waals surface area contributed by atoms with Gasteiger partial charge in [0.1, 0.15) is 11.6 Å². The van der Waals surface area contributed by atoms with E-state index >= 15 is 0 Å². The highest BCUT2D eigenvalue weighted by atomic mass is 19.1. The summed E-state index contributed by atoms with van der Waals surface area (Å²) in [6.45, 7) is 7.26. The van der Waals surface area contributed by atoms with E-state index in [0.717, 1.165) is 68.5 Å². The average molecular weight is 454 g/mol. The molecule has 0 radical (unpaired) electrons. The molecule has 0 amide bonds. The number of anilines is 1. The lowest BCUT2D eigenvalue weighted by molar-refractivity contribution is 0.313. The van der Waals surface area contributed by atoms with E-state index in [0.29, 0.717) is 17.3 Å². The normalized spacial score (nSPS) is 21.5. The minimum Gasteiger partial charge on any atom is -0.369 e. The van der Waals surface area contributed by atoms with Crippen LogP contribution in [0, 0.1) is 11.6 Å². The number of benzene rings is 2. The van der Waals surface area contributed by atoms with Gasteiger partial charge in [-0.25, -0.2) is 8.78 Å². The molecule has 0 bridgehead atoms. The molecule has 3 aromatic rings. The van der Waals surface area contributed by atoms with E-state index < -0.39 is 11.6 Å². The first kappa shape index (κ1) is 22.3. The lowest BCUT2D eigenvalue weighted by Crippen LogP contribution is -2.49. The number of nitrogens with zero attached hydrogens (tertiary/aromatic N) is 2. The number of halogens is 2. The highest BCUT2D eigenvalue weighted by Gasteiger charge is 2.31. The van der Waals surface area contributed by atoms with Gasteiger partial charge in [0, 0.05) is 55.4 Å². The maximum Gasteiger partial charge on any atom is 0.150 e. The monoisotopic (exact) mass is 453 g/mol. The van der Waals surface area contributed by atoms with Crippen LogP contribution in [0.1, 0.15) is 42.6 Å². The summed E-state index contributed by atoms with van der Waals surface area (Å²) in [6, 6.07) is 11.0. The molecule has 3 N–H and O–H groups in total. The molecule has 0 spiro atoms. The Morgan fingerprint density at radius 1 is 1.06 bits per heavy atom. The molecule has 176 valence electrons. The van der Waals surface area contributed by atoms with Gasteiger partial charge in [0.25, 0.3) is 0 Å². The number of fused-ring (bicyclic) bond motifs is 3. The summed E-state index contributed by atoms with van der Waals surface area (Å²) >= 11 is 0. The topological polar surface area (TPSA) is 46.3 Å². The zero-order chi connectivity index (χ0) is 22.9. The second kappa shape index (κ2) is 9.41. The molecule has 2 aromatic carbocycles. The highest BCUT2D eigenvalue weighted by Crippen LogP contribution is 2.36. The number of likely N-dealkylation sites (N-methyl/N-ethyl adjacent to an activating group) is 1. The van der Waals surface area contributed by atoms with Gasteiger partial charge in [-0.3, -0.25) is 5.32 Å². The SMILES string of the molecule is CCCCN[C@H]1Cc2c([nH]c3c(F)cc(F)cc23)[C@H](c2ccc(N3CCN(C)CC3)cc2)N1. The summed E-state index contributed by atoms with van der Waals surface area (Å²) < 4.78 is 28.6. The predicted octanol–water partition coefficient (Wildman–Crippen LogP) is 4.15. The van der Waals surface area contributed by atoms with Crippen molar-refractivity contribution in [1.82, 2.24) is 20.5 Å². The van der Waals surface area contributed by atoms with Crippen LogP contribution in [0.3, 0.4) is 0 Å². The zero-order valence-electron chi connectivity index (χ0n) is 19.4. The number of aromatic nitrogens is 1. The van der Waals surface area contributed by atoms with Crippen molar-refractivity contribution in [3.05, 3.63) is 64.9 Å². The van der Waals surface area contributed by atoms with Crippen LogP contribution >= 0.6 is 0 Å². The number of hydrogen-bond acceptors (Lipinski definition) is 4. The summed E-state index contributed by atoms with van der Waals surface area (Å²) in [5, 5.41) is 7.94. The van der Waals surface area contributed by atoms with Gasteiger partial charge >= 0.3 is 0 Å². The van der Waals surface area contributed by atoms with Crippen LogP contribution in [0.2, 0.25) is 0 Å². The molecule has 2 aliphatic rings. The smallest absolute Gasteiger partial charge is 0.150 e. The van der Waals surface area contributed by atoms with Crippen LogP contribution in [-0.4, -0.2) is 55.8 Å². The molecular formula is C26H33F2N5. The van der Waals surface area contributed by atoms with Gasteiger partial charge in [-0.05, 0) is 49.3 Å². The fourth-order valence-electron chi connectivity index (χ4n) is 5.10.